The lowest BCUT2D eigenvalue weighted by Gasteiger charge is -2.16. The highest BCUT2D eigenvalue weighted by Crippen LogP contribution is 2.41. The van der Waals surface area contributed by atoms with Gasteiger partial charge in [0.05, 0.1) is 11.6 Å². The molecule has 3 rings (SSSR count). The van der Waals surface area contributed by atoms with E-state index in [1.54, 1.807) is 60.7 Å². The van der Waals surface area contributed by atoms with E-state index in [2.05, 4.69) is 6.07 Å². The van der Waals surface area contributed by atoms with E-state index in [1.165, 1.54) is 0 Å². The van der Waals surface area contributed by atoms with Crippen molar-refractivity contribution in [2.75, 3.05) is 0 Å². The van der Waals surface area contributed by atoms with Crippen LogP contribution in [0, 0.1) is 11.3 Å². The molecule has 3 nitrogen and oxygen atoms in total. The molecule has 4 heteroatoms. The molecule has 1 atom stereocenters. The van der Waals surface area contributed by atoms with Gasteiger partial charge in [-0.2, -0.15) is 5.26 Å². The highest BCUT2D eigenvalue weighted by Gasteiger charge is 2.26. The van der Waals surface area contributed by atoms with Crippen molar-refractivity contribution in [1.29, 1.82) is 5.26 Å². The second-order valence-corrected chi connectivity index (χ2v) is 7.27. The molecule has 0 radical (unpaired) electrons. The molecule has 0 amide bonds. The molecule has 0 saturated carbocycles. The number of benzene rings is 3. The van der Waals surface area contributed by atoms with Gasteiger partial charge in [-0.1, -0.05) is 48.5 Å². The van der Waals surface area contributed by atoms with E-state index in [9.17, 15) is 9.46 Å². The summed E-state index contributed by atoms with van der Waals surface area (Å²) in [5.74, 6) is 0. The molecule has 0 heterocycles. The number of rotatable bonds is 3. The molecule has 3 aromatic carbocycles. The summed E-state index contributed by atoms with van der Waals surface area (Å²) < 4.78 is 13.0. The van der Waals surface area contributed by atoms with Crippen LogP contribution in [-0.2, 0) is 4.57 Å². The average Bonchev–Trinajstić information content (AvgIpc) is 2.62. The average molecular weight is 319 g/mol. The molecule has 0 aliphatic heterocycles. The Morgan fingerprint density at radius 1 is 0.826 bits per heavy atom. The monoisotopic (exact) mass is 319 g/mol. The largest absolute Gasteiger partial charge is 0.338 e. The summed E-state index contributed by atoms with van der Waals surface area (Å²) in [5, 5.41) is 9.70. The molecule has 23 heavy (non-hydrogen) atoms. The van der Waals surface area contributed by atoms with Gasteiger partial charge in [-0.25, -0.2) is 0 Å². The van der Waals surface area contributed by atoms with Gasteiger partial charge in [0, 0.05) is 10.6 Å². The predicted octanol–water partition coefficient (Wildman–Crippen LogP) is 3.45. The van der Waals surface area contributed by atoms with Crippen LogP contribution >= 0.6 is 7.37 Å². The first kappa shape index (κ1) is 15.2. The Hall–Kier alpha value is -2.66. The van der Waals surface area contributed by atoms with Crippen LogP contribution in [0.4, 0.5) is 0 Å². The van der Waals surface area contributed by atoms with Crippen molar-refractivity contribution in [3.05, 3.63) is 84.4 Å². The first-order chi connectivity index (χ1) is 11.1. The Balaban J connectivity index is 2.15. The number of hydrogen-bond acceptors (Lipinski definition) is 2. The number of hydrogen-bond donors (Lipinski definition) is 1. The maximum absolute atomic E-state index is 13.0. The quantitative estimate of drug-likeness (QED) is 0.752. The van der Waals surface area contributed by atoms with E-state index in [1.807, 2.05) is 18.2 Å². The van der Waals surface area contributed by atoms with Crippen LogP contribution in [-0.4, -0.2) is 4.89 Å². The van der Waals surface area contributed by atoms with E-state index < -0.39 is 7.37 Å². The Labute approximate surface area is 134 Å². The summed E-state index contributed by atoms with van der Waals surface area (Å²) in [6.07, 6.45) is 0. The lowest BCUT2D eigenvalue weighted by atomic mass is 10.0. The van der Waals surface area contributed by atoms with Crippen LogP contribution in [0.25, 0.3) is 11.1 Å². The van der Waals surface area contributed by atoms with Crippen molar-refractivity contribution in [2.24, 2.45) is 0 Å². The van der Waals surface area contributed by atoms with Gasteiger partial charge in [0.15, 0.2) is 0 Å². The molecular weight excluding hydrogens is 305 g/mol. The van der Waals surface area contributed by atoms with Gasteiger partial charge in [-0.15, -0.1) is 0 Å². The summed E-state index contributed by atoms with van der Waals surface area (Å²) in [4.78, 5) is 10.7. The van der Waals surface area contributed by atoms with Crippen LogP contribution in [0.5, 0.6) is 0 Å². The Morgan fingerprint density at radius 2 is 1.43 bits per heavy atom. The fourth-order valence-corrected chi connectivity index (χ4v) is 4.15. The van der Waals surface area contributed by atoms with E-state index >= 15 is 0 Å². The summed E-state index contributed by atoms with van der Waals surface area (Å²) in [7, 11) is -3.68. The van der Waals surface area contributed by atoms with Gasteiger partial charge < -0.3 is 4.89 Å². The first-order valence-corrected chi connectivity index (χ1v) is 8.77. The van der Waals surface area contributed by atoms with Crippen molar-refractivity contribution in [3.8, 4) is 17.2 Å². The van der Waals surface area contributed by atoms with Gasteiger partial charge in [0.1, 0.15) is 0 Å². The Bertz CT molecular complexity index is 912. The Morgan fingerprint density at radius 3 is 2.09 bits per heavy atom. The highest BCUT2D eigenvalue weighted by molar-refractivity contribution is 7.73. The minimum absolute atomic E-state index is 0.399. The minimum atomic E-state index is -3.68. The van der Waals surface area contributed by atoms with E-state index in [-0.39, 0.29) is 0 Å². The van der Waals surface area contributed by atoms with Gasteiger partial charge >= 0.3 is 0 Å². The molecule has 0 spiro atoms. The summed E-state index contributed by atoms with van der Waals surface area (Å²) >= 11 is 0. The van der Waals surface area contributed by atoms with E-state index in [4.69, 9.17) is 5.26 Å². The molecule has 0 fully saturated rings. The Kier molecular flexibility index (Phi) is 4.12. The fourth-order valence-electron chi connectivity index (χ4n) is 2.48. The lowest BCUT2D eigenvalue weighted by molar-refractivity contribution is 0.501. The topological polar surface area (TPSA) is 61.1 Å². The third-order valence-corrected chi connectivity index (χ3v) is 5.70. The molecule has 0 aliphatic rings. The molecule has 3 aromatic rings. The van der Waals surface area contributed by atoms with Crippen molar-refractivity contribution < 1.29 is 9.46 Å². The maximum Gasteiger partial charge on any atom is 0.259 e. The standard InChI is InChI=1S/C19H14NO2P/c20-14-15-10-12-16(13-11-15)18-8-4-5-9-19(18)23(21,22)17-6-2-1-3-7-17/h1-13H,(H,21,22). The van der Waals surface area contributed by atoms with Gasteiger partial charge in [0.2, 0.25) is 0 Å². The van der Waals surface area contributed by atoms with Crippen LogP contribution in [0.3, 0.4) is 0 Å². The van der Waals surface area contributed by atoms with Gasteiger partial charge in [0.25, 0.3) is 7.37 Å². The second-order valence-electron chi connectivity index (χ2n) is 5.12. The first-order valence-electron chi connectivity index (χ1n) is 7.11. The van der Waals surface area contributed by atoms with Crippen LogP contribution < -0.4 is 10.6 Å². The number of nitrogens with zero attached hydrogens (tertiary/aromatic N) is 1. The summed E-state index contributed by atoms with van der Waals surface area (Å²) in [5.41, 5.74) is 2.07. The molecule has 1 unspecified atom stereocenters. The fraction of sp³-hybridized carbons (Fsp3) is 0. The van der Waals surface area contributed by atoms with E-state index in [0.717, 1.165) is 5.56 Å². The van der Waals surface area contributed by atoms with E-state index in [0.29, 0.717) is 21.7 Å². The molecule has 0 aliphatic carbocycles. The predicted molar refractivity (Wildman–Crippen MR) is 92.1 cm³/mol. The number of nitriles is 1. The van der Waals surface area contributed by atoms with Crippen molar-refractivity contribution in [2.45, 2.75) is 0 Å². The zero-order valence-corrected chi connectivity index (χ0v) is 13.1. The normalized spacial score (nSPS) is 13.0. The van der Waals surface area contributed by atoms with Crippen LogP contribution in [0.1, 0.15) is 5.56 Å². The zero-order valence-electron chi connectivity index (χ0n) is 12.3. The zero-order chi connectivity index (χ0) is 16.3. The van der Waals surface area contributed by atoms with Crippen molar-refractivity contribution in [3.63, 3.8) is 0 Å². The summed E-state index contributed by atoms with van der Waals surface area (Å²) in [6.45, 7) is 0. The SMILES string of the molecule is N#Cc1ccc(-c2ccccc2P(=O)(O)c2ccccc2)cc1. The van der Waals surface area contributed by atoms with Crippen molar-refractivity contribution >= 4 is 18.0 Å². The lowest BCUT2D eigenvalue weighted by Crippen LogP contribution is -2.17. The molecule has 112 valence electrons. The second kappa shape index (κ2) is 6.22. The van der Waals surface area contributed by atoms with Gasteiger partial charge in [-0.3, -0.25) is 4.57 Å². The molecular formula is C19H14NO2P. The highest BCUT2D eigenvalue weighted by atomic mass is 31.2. The third-order valence-electron chi connectivity index (χ3n) is 3.66. The maximum atomic E-state index is 13.0. The molecule has 1 N–H and O–H groups in total. The molecule has 0 aromatic heterocycles. The van der Waals surface area contributed by atoms with Gasteiger partial charge in [-0.05, 0) is 41.5 Å². The van der Waals surface area contributed by atoms with Crippen LogP contribution in [0.15, 0.2) is 78.9 Å². The minimum Gasteiger partial charge on any atom is -0.338 e. The van der Waals surface area contributed by atoms with Crippen molar-refractivity contribution in [1.82, 2.24) is 0 Å². The summed E-state index contributed by atoms with van der Waals surface area (Å²) in [6, 6.07) is 24.8. The van der Waals surface area contributed by atoms with Crippen LogP contribution in [0.2, 0.25) is 0 Å². The third kappa shape index (κ3) is 2.96. The smallest absolute Gasteiger partial charge is 0.259 e. The molecule has 0 saturated heterocycles. The molecule has 0 bridgehead atoms.